The molecule has 1 aromatic carbocycles. The average Bonchev–Trinajstić information content (AvgIpc) is 3.44. The predicted octanol–water partition coefficient (Wildman–Crippen LogP) is 6.51. The number of hydrogen-bond donors (Lipinski definition) is 1. The largest absolute Gasteiger partial charge is 0.462 e. The molecule has 0 atom stereocenters. The van der Waals surface area contributed by atoms with Crippen LogP contribution in [-0.4, -0.2) is 64.5 Å². The Morgan fingerprint density at radius 2 is 1.80 bits per heavy atom. The number of ether oxygens (including phenoxy) is 1. The number of amides is 1. The molecule has 1 N–H and O–H groups in total. The molecule has 3 aromatic rings. The zero-order valence-electron chi connectivity index (χ0n) is 22.0. The van der Waals surface area contributed by atoms with Crippen LogP contribution in [0.25, 0.3) is 10.1 Å². The Labute approximate surface area is 250 Å². The molecule has 2 aromatic heterocycles. The predicted molar refractivity (Wildman–Crippen MR) is 163 cm³/mol. The summed E-state index contributed by atoms with van der Waals surface area (Å²) in [6, 6.07) is 4.42. The molecule has 13 heteroatoms. The molecule has 1 aliphatic carbocycles. The van der Waals surface area contributed by atoms with E-state index in [9.17, 15) is 19.7 Å². The number of aryl methyl sites for hydroxylation is 1. The minimum atomic E-state index is -0.464. The van der Waals surface area contributed by atoms with Crippen molar-refractivity contribution in [3.05, 3.63) is 54.2 Å². The third-order valence-corrected chi connectivity index (χ3v) is 10.5. The van der Waals surface area contributed by atoms with E-state index in [-0.39, 0.29) is 17.6 Å². The first-order valence-electron chi connectivity index (χ1n) is 13.3. The first-order valence-corrected chi connectivity index (χ1v) is 15.7. The number of thiocarbonyl (C=S) groups is 1. The van der Waals surface area contributed by atoms with Crippen LogP contribution < -0.4 is 5.32 Å². The van der Waals surface area contributed by atoms with Crippen LogP contribution in [0.5, 0.6) is 0 Å². The number of hydrogen-bond acceptors (Lipinski definition) is 8. The van der Waals surface area contributed by atoms with Crippen molar-refractivity contribution in [2.24, 2.45) is 0 Å². The van der Waals surface area contributed by atoms with Gasteiger partial charge in [0.05, 0.1) is 22.1 Å². The summed E-state index contributed by atoms with van der Waals surface area (Å²) in [5.41, 5.74) is 1.66. The van der Waals surface area contributed by atoms with E-state index in [0.29, 0.717) is 63.4 Å². The first kappa shape index (κ1) is 28.7. The van der Waals surface area contributed by atoms with Gasteiger partial charge in [-0.05, 0) is 56.5 Å². The number of piperazine rings is 1. The highest BCUT2D eigenvalue weighted by Gasteiger charge is 2.30. The van der Waals surface area contributed by atoms with Crippen LogP contribution in [-0.2, 0) is 17.6 Å². The van der Waals surface area contributed by atoms with Crippen molar-refractivity contribution in [3.8, 4) is 0 Å². The van der Waals surface area contributed by atoms with E-state index in [2.05, 4.69) is 5.32 Å². The standard InChI is InChI=1S/C27H29ClN4O5S3/c1-2-37-26(34)21-17-7-5-3-4-6-8-19(17)40-24(21)29-27(38)31-13-11-30(12-14-31)25(33)23-22(28)18-10-9-16(32(35)36)15-20(18)39-23/h9-10,15H,2-8,11-14H2,1H3,(H,29,38). The summed E-state index contributed by atoms with van der Waals surface area (Å²) in [7, 11) is 0. The van der Waals surface area contributed by atoms with Gasteiger partial charge in [0.25, 0.3) is 11.6 Å². The van der Waals surface area contributed by atoms with E-state index in [0.717, 1.165) is 42.7 Å². The molecule has 40 heavy (non-hydrogen) atoms. The molecular weight excluding hydrogens is 592 g/mol. The summed E-state index contributed by atoms with van der Waals surface area (Å²) in [5.74, 6) is -0.512. The second kappa shape index (κ2) is 12.4. The van der Waals surface area contributed by atoms with Crippen molar-refractivity contribution in [1.82, 2.24) is 9.80 Å². The van der Waals surface area contributed by atoms with Gasteiger partial charge >= 0.3 is 5.97 Å². The fourth-order valence-electron chi connectivity index (χ4n) is 5.16. The number of nitrogens with one attached hydrogen (secondary N) is 1. The number of nitro groups is 1. The second-order valence-electron chi connectivity index (χ2n) is 9.73. The van der Waals surface area contributed by atoms with Gasteiger partial charge in [0.1, 0.15) is 9.88 Å². The van der Waals surface area contributed by atoms with Crippen molar-refractivity contribution in [2.45, 2.75) is 45.4 Å². The molecule has 212 valence electrons. The van der Waals surface area contributed by atoms with Gasteiger partial charge in [-0.2, -0.15) is 0 Å². The maximum Gasteiger partial charge on any atom is 0.341 e. The molecule has 0 spiro atoms. The quantitative estimate of drug-likeness (QED) is 0.149. The molecule has 5 rings (SSSR count). The van der Waals surface area contributed by atoms with Gasteiger partial charge in [0, 0.05) is 53.3 Å². The Balaban J connectivity index is 1.27. The van der Waals surface area contributed by atoms with Crippen LogP contribution in [0.2, 0.25) is 5.02 Å². The van der Waals surface area contributed by atoms with E-state index < -0.39 is 4.92 Å². The highest BCUT2D eigenvalue weighted by atomic mass is 35.5. The molecule has 1 amide bonds. The number of benzene rings is 1. The van der Waals surface area contributed by atoms with Gasteiger partial charge in [0.15, 0.2) is 5.11 Å². The molecule has 0 unspecified atom stereocenters. The number of rotatable bonds is 5. The van der Waals surface area contributed by atoms with Gasteiger partial charge in [-0.25, -0.2) is 4.79 Å². The Bertz CT molecular complexity index is 1480. The lowest BCUT2D eigenvalue weighted by Crippen LogP contribution is -2.51. The van der Waals surface area contributed by atoms with E-state index in [1.807, 2.05) is 11.8 Å². The van der Waals surface area contributed by atoms with Gasteiger partial charge in [-0.3, -0.25) is 14.9 Å². The molecule has 1 fully saturated rings. The lowest BCUT2D eigenvalue weighted by atomic mass is 9.96. The number of halogens is 1. The molecule has 0 saturated carbocycles. The van der Waals surface area contributed by atoms with Gasteiger partial charge in [-0.1, -0.05) is 24.4 Å². The lowest BCUT2D eigenvalue weighted by Gasteiger charge is -2.36. The van der Waals surface area contributed by atoms with Crippen molar-refractivity contribution in [3.63, 3.8) is 0 Å². The zero-order valence-corrected chi connectivity index (χ0v) is 25.2. The van der Waals surface area contributed by atoms with Crippen LogP contribution in [0.4, 0.5) is 10.7 Å². The van der Waals surface area contributed by atoms with E-state index in [1.165, 1.54) is 34.8 Å². The topological polar surface area (TPSA) is 105 Å². The Morgan fingerprint density at radius 1 is 1.10 bits per heavy atom. The molecule has 3 heterocycles. The van der Waals surface area contributed by atoms with Gasteiger partial charge in [-0.15, -0.1) is 22.7 Å². The average molecular weight is 621 g/mol. The number of thiophene rings is 2. The van der Waals surface area contributed by atoms with E-state index in [4.69, 9.17) is 28.6 Å². The third kappa shape index (κ3) is 5.81. The SMILES string of the molecule is CCOC(=O)c1c(NC(=S)N2CCN(C(=O)c3sc4cc([N+](=O)[O-])ccc4c3Cl)CC2)sc2c1CCCCCC2. The van der Waals surface area contributed by atoms with Crippen LogP contribution in [0.15, 0.2) is 18.2 Å². The van der Waals surface area contributed by atoms with E-state index in [1.54, 1.807) is 22.3 Å². The number of non-ortho nitro benzene ring substituents is 1. The summed E-state index contributed by atoms with van der Waals surface area (Å²) in [6.45, 7) is 4.04. The Kier molecular flexibility index (Phi) is 8.89. The summed E-state index contributed by atoms with van der Waals surface area (Å²) in [5, 5.41) is 16.7. The number of anilines is 1. The number of carbonyl (C=O) groups is 2. The maximum absolute atomic E-state index is 13.3. The highest BCUT2D eigenvalue weighted by molar-refractivity contribution is 7.80. The number of nitro benzene ring substituents is 1. The van der Waals surface area contributed by atoms with Crippen LogP contribution >= 0.6 is 46.5 Å². The first-order chi connectivity index (χ1) is 19.3. The molecule has 9 nitrogen and oxygen atoms in total. The Hall–Kier alpha value is -2.80. The van der Waals surface area contributed by atoms with Crippen molar-refractivity contribution in [2.75, 3.05) is 38.1 Å². The number of carbonyl (C=O) groups excluding carboxylic acids is 2. The molecule has 2 aliphatic rings. The van der Waals surface area contributed by atoms with Gasteiger partial charge < -0.3 is 19.9 Å². The molecule has 1 saturated heterocycles. The summed E-state index contributed by atoms with van der Waals surface area (Å²) in [6.07, 6.45) is 6.34. The molecule has 0 radical (unpaired) electrons. The number of fused-ring (bicyclic) bond motifs is 2. The highest BCUT2D eigenvalue weighted by Crippen LogP contribution is 2.39. The van der Waals surface area contributed by atoms with Crippen LogP contribution in [0.3, 0.4) is 0 Å². The summed E-state index contributed by atoms with van der Waals surface area (Å²) < 4.78 is 6.01. The maximum atomic E-state index is 13.3. The van der Waals surface area contributed by atoms with E-state index >= 15 is 0 Å². The fraction of sp³-hybridized carbons (Fsp3) is 0.444. The normalized spacial score (nSPS) is 15.8. The second-order valence-corrected chi connectivity index (χ2v) is 12.7. The van der Waals surface area contributed by atoms with Gasteiger partial charge in [0.2, 0.25) is 0 Å². The zero-order chi connectivity index (χ0) is 28.4. The molecular formula is C27H29ClN4O5S3. The van der Waals surface area contributed by atoms with Crippen molar-refractivity contribution < 1.29 is 19.2 Å². The molecule has 0 bridgehead atoms. The fourth-order valence-corrected chi connectivity index (χ4v) is 8.30. The van der Waals surface area contributed by atoms with Crippen molar-refractivity contribution in [1.29, 1.82) is 0 Å². The summed E-state index contributed by atoms with van der Waals surface area (Å²) >= 11 is 15.0. The van der Waals surface area contributed by atoms with Crippen LogP contribution in [0, 0.1) is 10.1 Å². The molecule has 1 aliphatic heterocycles. The monoisotopic (exact) mass is 620 g/mol. The third-order valence-electron chi connectivity index (χ3n) is 7.24. The van der Waals surface area contributed by atoms with Crippen molar-refractivity contribution >= 4 is 84.3 Å². The number of nitrogens with zero attached hydrogens (tertiary/aromatic N) is 3. The smallest absolute Gasteiger partial charge is 0.341 e. The van der Waals surface area contributed by atoms with Crippen LogP contribution in [0.1, 0.15) is 63.1 Å². The minimum absolute atomic E-state index is 0.0390. The minimum Gasteiger partial charge on any atom is -0.462 e. The Morgan fingerprint density at radius 3 is 2.50 bits per heavy atom. The summed E-state index contributed by atoms with van der Waals surface area (Å²) in [4.78, 5) is 42.3. The number of esters is 1. The lowest BCUT2D eigenvalue weighted by molar-refractivity contribution is -0.384.